The quantitative estimate of drug-likeness (QED) is 0.412. The average molecular weight is 470 g/mol. The highest BCUT2D eigenvalue weighted by atomic mass is 19.1. The van der Waals surface area contributed by atoms with Crippen LogP contribution in [0.25, 0.3) is 16.9 Å². The van der Waals surface area contributed by atoms with E-state index in [-0.39, 0.29) is 8.86 Å². The number of benzene rings is 1. The topological polar surface area (TPSA) is 89.3 Å². The van der Waals surface area contributed by atoms with Crippen LogP contribution in [0.2, 0.25) is 0 Å². The minimum atomic E-state index is -0.623. The molecule has 4 heterocycles. The molecule has 2 atom stereocenters. The van der Waals surface area contributed by atoms with Crippen molar-refractivity contribution in [1.29, 1.82) is 0 Å². The molecular formula is C24H29F2N7O. The van der Waals surface area contributed by atoms with Crippen molar-refractivity contribution in [3.63, 3.8) is 0 Å². The predicted molar refractivity (Wildman–Crippen MR) is 128 cm³/mol. The number of hydrogen-bond donors (Lipinski definition) is 2. The fourth-order valence-corrected chi connectivity index (χ4v) is 4.12. The van der Waals surface area contributed by atoms with Gasteiger partial charge in [0.05, 0.1) is 30.1 Å². The first kappa shape index (κ1) is 22.1. The molecule has 34 heavy (non-hydrogen) atoms. The van der Waals surface area contributed by atoms with E-state index in [1.807, 2.05) is 0 Å². The first-order valence-corrected chi connectivity index (χ1v) is 11.3. The van der Waals surface area contributed by atoms with Crippen LogP contribution in [0.15, 0.2) is 48.9 Å². The molecule has 10 heteroatoms. The standard InChI is InChI=1S/C24H25F2N7O.2H2/c1-15(18-6-5-17(25)10-20(18)26)30-22-11-21(19-13-29-33-9-3-8-28-23(19)33)31-24(32-22)34-14-16-4-2-7-27-12-16;;/h3,5-6,8-11,13,15-16,27H,2,4,7,12,14H2,1H3,(H,30,31,32);2*1H/t15-,16?;;/m0../s1. The summed E-state index contributed by atoms with van der Waals surface area (Å²) in [6.45, 7) is 4.19. The normalized spacial score (nSPS) is 17.0. The Labute approximate surface area is 198 Å². The molecule has 1 saturated heterocycles. The molecular weight excluding hydrogens is 440 g/mol. The highest BCUT2D eigenvalue weighted by Gasteiger charge is 2.18. The number of rotatable bonds is 7. The summed E-state index contributed by atoms with van der Waals surface area (Å²) in [6, 6.07) is 6.82. The van der Waals surface area contributed by atoms with Gasteiger partial charge in [-0.2, -0.15) is 15.1 Å². The summed E-state index contributed by atoms with van der Waals surface area (Å²) in [6.07, 6.45) is 7.37. The molecule has 0 spiro atoms. The molecule has 1 aliphatic rings. The smallest absolute Gasteiger partial charge is 0.318 e. The van der Waals surface area contributed by atoms with Gasteiger partial charge in [0.25, 0.3) is 0 Å². The summed E-state index contributed by atoms with van der Waals surface area (Å²) < 4.78 is 35.3. The van der Waals surface area contributed by atoms with Crippen molar-refractivity contribution in [2.24, 2.45) is 5.92 Å². The van der Waals surface area contributed by atoms with Crippen molar-refractivity contribution in [3.05, 3.63) is 66.1 Å². The van der Waals surface area contributed by atoms with Crippen molar-refractivity contribution in [3.8, 4) is 17.3 Å². The van der Waals surface area contributed by atoms with Crippen molar-refractivity contribution in [2.75, 3.05) is 25.0 Å². The number of ether oxygens (including phenoxy) is 1. The van der Waals surface area contributed by atoms with Crippen LogP contribution < -0.4 is 15.4 Å². The van der Waals surface area contributed by atoms with Crippen molar-refractivity contribution < 1.29 is 16.4 Å². The molecule has 5 rings (SSSR count). The van der Waals surface area contributed by atoms with E-state index in [9.17, 15) is 8.78 Å². The Bertz CT molecular complexity index is 1300. The fraction of sp³-hybridized carbons (Fsp3) is 0.333. The van der Waals surface area contributed by atoms with Gasteiger partial charge in [0.15, 0.2) is 5.65 Å². The summed E-state index contributed by atoms with van der Waals surface area (Å²) in [5.74, 6) is -0.412. The lowest BCUT2D eigenvalue weighted by Gasteiger charge is -2.22. The number of hydrogen-bond acceptors (Lipinski definition) is 7. The number of fused-ring (bicyclic) bond motifs is 1. The molecule has 1 aromatic carbocycles. The van der Waals surface area contributed by atoms with Gasteiger partial charge in [0, 0.05) is 45.4 Å². The first-order chi connectivity index (χ1) is 16.6. The lowest BCUT2D eigenvalue weighted by Crippen LogP contribution is -2.33. The second-order valence-corrected chi connectivity index (χ2v) is 8.42. The van der Waals surface area contributed by atoms with Gasteiger partial charge in [-0.15, -0.1) is 0 Å². The zero-order valence-corrected chi connectivity index (χ0v) is 18.7. The van der Waals surface area contributed by atoms with Crippen molar-refractivity contribution in [2.45, 2.75) is 25.8 Å². The monoisotopic (exact) mass is 469 g/mol. The van der Waals surface area contributed by atoms with Crippen LogP contribution in [-0.4, -0.2) is 44.3 Å². The number of anilines is 1. The zero-order chi connectivity index (χ0) is 23.5. The van der Waals surface area contributed by atoms with Gasteiger partial charge >= 0.3 is 6.01 Å². The Balaban J connectivity index is 0.00000180. The van der Waals surface area contributed by atoms with Crippen LogP contribution in [0.4, 0.5) is 14.6 Å². The molecule has 0 bridgehead atoms. The van der Waals surface area contributed by atoms with Gasteiger partial charge in [-0.25, -0.2) is 18.3 Å². The van der Waals surface area contributed by atoms with Crippen LogP contribution in [0, 0.1) is 17.6 Å². The summed E-state index contributed by atoms with van der Waals surface area (Å²) in [5, 5.41) is 10.9. The molecule has 0 saturated carbocycles. The van der Waals surface area contributed by atoms with E-state index in [4.69, 9.17) is 4.74 Å². The van der Waals surface area contributed by atoms with Crippen molar-refractivity contribution >= 4 is 11.5 Å². The first-order valence-electron chi connectivity index (χ1n) is 11.3. The third-order valence-corrected chi connectivity index (χ3v) is 5.90. The van der Waals surface area contributed by atoms with Crippen LogP contribution >= 0.6 is 0 Å². The second kappa shape index (κ2) is 9.68. The minimum Gasteiger partial charge on any atom is -0.463 e. The van der Waals surface area contributed by atoms with E-state index in [0.717, 1.165) is 37.6 Å². The van der Waals surface area contributed by atoms with E-state index in [0.29, 0.717) is 35.2 Å². The van der Waals surface area contributed by atoms with Crippen LogP contribution in [0.3, 0.4) is 0 Å². The largest absolute Gasteiger partial charge is 0.463 e. The van der Waals surface area contributed by atoms with E-state index in [1.165, 1.54) is 12.1 Å². The van der Waals surface area contributed by atoms with E-state index < -0.39 is 17.7 Å². The molecule has 8 nitrogen and oxygen atoms in total. The average Bonchev–Trinajstić information content (AvgIpc) is 3.27. The maximum Gasteiger partial charge on any atom is 0.318 e. The number of nitrogens with one attached hydrogen (secondary N) is 2. The zero-order valence-electron chi connectivity index (χ0n) is 18.7. The Hall–Kier alpha value is -3.66. The molecule has 1 aliphatic heterocycles. The molecule has 0 aliphatic carbocycles. The molecule has 1 unspecified atom stereocenters. The molecule has 0 amide bonds. The summed E-state index contributed by atoms with van der Waals surface area (Å²) in [7, 11) is 0. The molecule has 2 N–H and O–H groups in total. The summed E-state index contributed by atoms with van der Waals surface area (Å²) >= 11 is 0. The third kappa shape index (κ3) is 4.81. The predicted octanol–water partition coefficient (Wildman–Crippen LogP) is 4.51. The number of nitrogens with zero attached hydrogens (tertiary/aromatic N) is 5. The minimum absolute atomic E-state index is 0. The lowest BCUT2D eigenvalue weighted by molar-refractivity contribution is 0.205. The molecule has 0 radical (unpaired) electrons. The fourth-order valence-electron chi connectivity index (χ4n) is 4.12. The third-order valence-electron chi connectivity index (χ3n) is 5.90. The van der Waals surface area contributed by atoms with E-state index in [1.54, 1.807) is 42.2 Å². The van der Waals surface area contributed by atoms with E-state index >= 15 is 0 Å². The summed E-state index contributed by atoms with van der Waals surface area (Å²) in [5.41, 5.74) is 2.27. The number of halogens is 2. The maximum absolute atomic E-state index is 14.3. The Kier molecular flexibility index (Phi) is 6.31. The van der Waals surface area contributed by atoms with Gasteiger partial charge < -0.3 is 15.4 Å². The molecule has 4 aromatic rings. The van der Waals surface area contributed by atoms with Gasteiger partial charge in [-0.3, -0.25) is 0 Å². The number of aromatic nitrogens is 5. The van der Waals surface area contributed by atoms with Gasteiger partial charge in [-0.05, 0) is 38.4 Å². The SMILES string of the molecule is C[C@H](Nc1cc(-c2cnn3cccnc23)nc(OCC2CCCNC2)n1)c1ccc(F)cc1F.[HH].[HH]. The van der Waals surface area contributed by atoms with Crippen LogP contribution in [0.1, 0.15) is 34.2 Å². The number of piperidine rings is 1. The highest BCUT2D eigenvalue weighted by Crippen LogP contribution is 2.28. The van der Waals surface area contributed by atoms with Gasteiger partial charge in [0.1, 0.15) is 17.5 Å². The van der Waals surface area contributed by atoms with Gasteiger partial charge in [0.2, 0.25) is 0 Å². The highest BCUT2D eigenvalue weighted by molar-refractivity contribution is 5.75. The molecule has 3 aromatic heterocycles. The molecule has 180 valence electrons. The Morgan fingerprint density at radius 1 is 1.29 bits per heavy atom. The second-order valence-electron chi connectivity index (χ2n) is 8.42. The van der Waals surface area contributed by atoms with Gasteiger partial charge in [-0.1, -0.05) is 6.07 Å². The summed E-state index contributed by atoms with van der Waals surface area (Å²) in [4.78, 5) is 13.5. The van der Waals surface area contributed by atoms with Crippen LogP contribution in [0.5, 0.6) is 6.01 Å². The Morgan fingerprint density at radius 2 is 2.21 bits per heavy atom. The Morgan fingerprint density at radius 3 is 3.03 bits per heavy atom. The lowest BCUT2D eigenvalue weighted by atomic mass is 10.0. The van der Waals surface area contributed by atoms with Crippen LogP contribution in [-0.2, 0) is 0 Å². The van der Waals surface area contributed by atoms with E-state index in [2.05, 4.69) is 30.7 Å². The molecule has 1 fully saturated rings. The van der Waals surface area contributed by atoms with Crippen molar-refractivity contribution in [1.82, 2.24) is 29.9 Å². The maximum atomic E-state index is 14.3.